The summed E-state index contributed by atoms with van der Waals surface area (Å²) in [6.07, 6.45) is 7.20. The van der Waals surface area contributed by atoms with Gasteiger partial charge in [0, 0.05) is 31.4 Å². The molecule has 0 aromatic carbocycles. The van der Waals surface area contributed by atoms with Gasteiger partial charge >= 0.3 is 0 Å². The number of nitrogens with zero attached hydrogens (tertiary/aromatic N) is 1. The van der Waals surface area contributed by atoms with E-state index in [2.05, 4.69) is 10.3 Å². The molecule has 1 atom stereocenters. The topological polar surface area (TPSA) is 68.0 Å². The number of hydrogen-bond donors (Lipinski definition) is 2. The van der Waals surface area contributed by atoms with Crippen LogP contribution in [0.5, 0.6) is 0 Å². The van der Waals surface area contributed by atoms with E-state index >= 15 is 0 Å². The van der Waals surface area contributed by atoms with Gasteiger partial charge in [0.2, 0.25) is 5.91 Å². The SMILES string of the molecule is NC(CNC(=O)CCc1ccncc1)C1CC1. The van der Waals surface area contributed by atoms with Gasteiger partial charge < -0.3 is 11.1 Å². The van der Waals surface area contributed by atoms with Crippen LogP contribution in [0.4, 0.5) is 0 Å². The molecule has 1 fully saturated rings. The zero-order valence-electron chi connectivity index (χ0n) is 9.93. The van der Waals surface area contributed by atoms with Crippen LogP contribution in [0.25, 0.3) is 0 Å². The van der Waals surface area contributed by atoms with Crippen molar-refractivity contribution in [1.82, 2.24) is 10.3 Å². The Morgan fingerprint density at radius 1 is 1.47 bits per heavy atom. The highest BCUT2D eigenvalue weighted by atomic mass is 16.1. The predicted octanol–water partition coefficient (Wildman–Crippen LogP) is 0.868. The van der Waals surface area contributed by atoms with Crippen LogP contribution >= 0.6 is 0 Å². The first-order valence-electron chi connectivity index (χ1n) is 6.17. The maximum atomic E-state index is 11.6. The molecule has 1 unspecified atom stereocenters. The van der Waals surface area contributed by atoms with Crippen molar-refractivity contribution < 1.29 is 4.79 Å². The van der Waals surface area contributed by atoms with Crippen LogP contribution in [-0.4, -0.2) is 23.5 Å². The van der Waals surface area contributed by atoms with Crippen molar-refractivity contribution in [1.29, 1.82) is 0 Å². The number of amides is 1. The molecule has 4 nitrogen and oxygen atoms in total. The molecule has 17 heavy (non-hydrogen) atoms. The second-order valence-electron chi connectivity index (χ2n) is 4.66. The Morgan fingerprint density at radius 3 is 2.82 bits per heavy atom. The van der Waals surface area contributed by atoms with Crippen molar-refractivity contribution in [3.8, 4) is 0 Å². The van der Waals surface area contributed by atoms with E-state index in [-0.39, 0.29) is 11.9 Å². The number of carbonyl (C=O) groups is 1. The van der Waals surface area contributed by atoms with Crippen LogP contribution in [0.15, 0.2) is 24.5 Å². The lowest BCUT2D eigenvalue weighted by Gasteiger charge is -2.11. The highest BCUT2D eigenvalue weighted by molar-refractivity contribution is 5.76. The minimum atomic E-state index is 0.0814. The summed E-state index contributed by atoms with van der Waals surface area (Å²) in [5, 5.41) is 2.89. The second-order valence-corrected chi connectivity index (χ2v) is 4.66. The summed E-state index contributed by atoms with van der Waals surface area (Å²) in [6, 6.07) is 4.01. The summed E-state index contributed by atoms with van der Waals surface area (Å²) in [6.45, 7) is 0.611. The molecule has 0 radical (unpaired) electrons. The lowest BCUT2D eigenvalue weighted by molar-refractivity contribution is -0.121. The van der Waals surface area contributed by atoms with Crippen molar-refractivity contribution >= 4 is 5.91 Å². The van der Waals surface area contributed by atoms with Crippen LogP contribution < -0.4 is 11.1 Å². The van der Waals surface area contributed by atoms with E-state index in [4.69, 9.17) is 5.73 Å². The third-order valence-electron chi connectivity index (χ3n) is 3.15. The molecule has 1 aromatic rings. The first-order chi connectivity index (χ1) is 8.25. The molecule has 0 saturated heterocycles. The number of rotatable bonds is 6. The predicted molar refractivity (Wildman–Crippen MR) is 66.3 cm³/mol. The Labute approximate surface area is 102 Å². The molecule has 1 aromatic heterocycles. The van der Waals surface area contributed by atoms with Crippen molar-refractivity contribution in [3.05, 3.63) is 30.1 Å². The Balaban J connectivity index is 1.63. The first kappa shape index (κ1) is 12.0. The van der Waals surface area contributed by atoms with Crippen LogP contribution in [0.3, 0.4) is 0 Å². The van der Waals surface area contributed by atoms with Gasteiger partial charge in [0.1, 0.15) is 0 Å². The third-order valence-corrected chi connectivity index (χ3v) is 3.15. The van der Waals surface area contributed by atoms with Gasteiger partial charge in [-0.05, 0) is 42.9 Å². The van der Waals surface area contributed by atoms with Gasteiger partial charge in [-0.3, -0.25) is 9.78 Å². The zero-order valence-corrected chi connectivity index (χ0v) is 9.93. The maximum Gasteiger partial charge on any atom is 0.220 e. The standard InChI is InChI=1S/C13H19N3O/c14-12(11-2-3-11)9-16-13(17)4-1-10-5-7-15-8-6-10/h5-8,11-12H,1-4,9,14H2,(H,16,17). The highest BCUT2D eigenvalue weighted by Crippen LogP contribution is 2.31. The maximum absolute atomic E-state index is 11.6. The molecule has 4 heteroatoms. The Hall–Kier alpha value is -1.42. The van der Waals surface area contributed by atoms with Gasteiger partial charge in [-0.15, -0.1) is 0 Å². The minimum absolute atomic E-state index is 0.0814. The number of hydrogen-bond acceptors (Lipinski definition) is 3. The van der Waals surface area contributed by atoms with Crippen molar-refractivity contribution in [2.75, 3.05) is 6.54 Å². The monoisotopic (exact) mass is 233 g/mol. The van der Waals surface area contributed by atoms with Crippen molar-refractivity contribution in [2.45, 2.75) is 31.7 Å². The first-order valence-corrected chi connectivity index (χ1v) is 6.17. The van der Waals surface area contributed by atoms with Crippen LogP contribution in [0.1, 0.15) is 24.8 Å². The highest BCUT2D eigenvalue weighted by Gasteiger charge is 2.28. The van der Waals surface area contributed by atoms with Crippen molar-refractivity contribution in [3.63, 3.8) is 0 Å². The summed E-state index contributed by atoms with van der Waals surface area (Å²) in [4.78, 5) is 15.5. The Kier molecular flexibility index (Phi) is 4.09. The number of nitrogens with two attached hydrogens (primary N) is 1. The molecule has 0 spiro atoms. The van der Waals surface area contributed by atoms with Crippen LogP contribution in [0.2, 0.25) is 0 Å². The van der Waals surface area contributed by atoms with E-state index in [0.717, 1.165) is 12.0 Å². The molecule has 1 heterocycles. The van der Waals surface area contributed by atoms with E-state index < -0.39 is 0 Å². The van der Waals surface area contributed by atoms with E-state index in [9.17, 15) is 4.79 Å². The molecule has 1 aliphatic carbocycles. The molecular formula is C13H19N3O. The lowest BCUT2D eigenvalue weighted by atomic mass is 10.1. The number of aromatic nitrogens is 1. The largest absolute Gasteiger partial charge is 0.355 e. The number of aryl methyl sites for hydroxylation is 1. The lowest BCUT2D eigenvalue weighted by Crippen LogP contribution is -2.38. The van der Waals surface area contributed by atoms with Crippen LogP contribution in [-0.2, 0) is 11.2 Å². The zero-order chi connectivity index (χ0) is 12.1. The van der Waals surface area contributed by atoms with Crippen LogP contribution in [0, 0.1) is 5.92 Å². The van der Waals surface area contributed by atoms with E-state index in [0.29, 0.717) is 18.9 Å². The normalized spacial score (nSPS) is 16.5. The molecule has 1 amide bonds. The summed E-state index contributed by atoms with van der Waals surface area (Å²) >= 11 is 0. The van der Waals surface area contributed by atoms with Gasteiger partial charge in [-0.1, -0.05) is 0 Å². The number of carbonyl (C=O) groups excluding carboxylic acids is 1. The minimum Gasteiger partial charge on any atom is -0.355 e. The Bertz CT molecular complexity index is 362. The molecule has 2 rings (SSSR count). The van der Waals surface area contributed by atoms with Gasteiger partial charge in [-0.2, -0.15) is 0 Å². The fourth-order valence-corrected chi connectivity index (χ4v) is 1.82. The summed E-state index contributed by atoms with van der Waals surface area (Å²) < 4.78 is 0. The Morgan fingerprint density at radius 2 is 2.18 bits per heavy atom. The van der Waals surface area contributed by atoms with Gasteiger partial charge in [0.25, 0.3) is 0 Å². The molecular weight excluding hydrogens is 214 g/mol. The quantitative estimate of drug-likeness (QED) is 0.766. The number of nitrogens with one attached hydrogen (secondary N) is 1. The van der Waals surface area contributed by atoms with Crippen molar-refractivity contribution in [2.24, 2.45) is 11.7 Å². The fourth-order valence-electron chi connectivity index (χ4n) is 1.82. The van der Waals surface area contributed by atoms with Gasteiger partial charge in [-0.25, -0.2) is 0 Å². The van der Waals surface area contributed by atoms with E-state index in [1.54, 1.807) is 12.4 Å². The van der Waals surface area contributed by atoms with Gasteiger partial charge in [0.15, 0.2) is 0 Å². The average molecular weight is 233 g/mol. The molecule has 0 aliphatic heterocycles. The summed E-state index contributed by atoms with van der Waals surface area (Å²) in [5.74, 6) is 0.716. The van der Waals surface area contributed by atoms with E-state index in [1.165, 1.54) is 12.8 Å². The average Bonchev–Trinajstić information content (AvgIpc) is 3.19. The molecule has 1 saturated carbocycles. The molecule has 0 bridgehead atoms. The summed E-state index contributed by atoms with van der Waals surface area (Å²) in [5.41, 5.74) is 7.05. The molecule has 3 N–H and O–H groups in total. The number of pyridine rings is 1. The second kappa shape index (κ2) is 5.77. The molecule has 1 aliphatic rings. The van der Waals surface area contributed by atoms with E-state index in [1.807, 2.05) is 12.1 Å². The molecule has 92 valence electrons. The smallest absolute Gasteiger partial charge is 0.220 e. The van der Waals surface area contributed by atoms with Gasteiger partial charge in [0.05, 0.1) is 0 Å². The summed E-state index contributed by atoms with van der Waals surface area (Å²) in [7, 11) is 0. The third kappa shape index (κ3) is 4.15. The fraction of sp³-hybridized carbons (Fsp3) is 0.538.